The van der Waals surface area contributed by atoms with Crippen LogP contribution in [0, 0.1) is 5.82 Å². The molecule has 0 saturated carbocycles. The van der Waals surface area contributed by atoms with Crippen LogP contribution in [-0.4, -0.2) is 37.8 Å². The molecule has 0 unspecified atom stereocenters. The first kappa shape index (κ1) is 13.9. The lowest BCUT2D eigenvalue weighted by molar-refractivity contribution is 0.154. The van der Waals surface area contributed by atoms with Gasteiger partial charge in [-0.15, -0.1) is 0 Å². The summed E-state index contributed by atoms with van der Waals surface area (Å²) in [5.41, 5.74) is 0.587. The van der Waals surface area contributed by atoms with Gasteiger partial charge in [-0.2, -0.15) is 0 Å². The number of nitrogens with one attached hydrogen (secondary N) is 1. The first-order valence-electron chi connectivity index (χ1n) is 6.18. The smallest absolute Gasteiger partial charge is 0.142 e. The Bertz CT molecular complexity index is 395. The van der Waals surface area contributed by atoms with Crippen molar-refractivity contribution in [1.82, 2.24) is 10.2 Å². The molecule has 1 atom stereocenters. The predicted molar refractivity (Wildman–Crippen MR) is 71.9 cm³/mol. The number of nitrogens with zero attached hydrogens (tertiary/aromatic N) is 1. The van der Waals surface area contributed by atoms with Gasteiger partial charge in [0, 0.05) is 37.8 Å². The van der Waals surface area contributed by atoms with Crippen LogP contribution in [-0.2, 0) is 0 Å². The molecule has 2 nitrogen and oxygen atoms in total. The Morgan fingerprint density at radius 2 is 2.06 bits per heavy atom. The molecule has 0 aliphatic carbocycles. The number of benzene rings is 1. The number of piperazine rings is 1. The van der Waals surface area contributed by atoms with E-state index in [9.17, 15) is 8.78 Å². The molecule has 1 fully saturated rings. The number of rotatable bonds is 4. The zero-order valence-electron chi connectivity index (χ0n) is 10.1. The van der Waals surface area contributed by atoms with Gasteiger partial charge in [0.1, 0.15) is 5.82 Å². The van der Waals surface area contributed by atoms with Crippen LogP contribution in [0.2, 0.25) is 0 Å². The summed E-state index contributed by atoms with van der Waals surface area (Å²) < 4.78 is 27.3. The topological polar surface area (TPSA) is 15.3 Å². The summed E-state index contributed by atoms with van der Waals surface area (Å²) >= 11 is 3.19. The molecular weight excluding hydrogens is 302 g/mol. The minimum absolute atomic E-state index is 0.172. The lowest BCUT2D eigenvalue weighted by atomic mass is 10.0. The minimum atomic E-state index is -0.430. The van der Waals surface area contributed by atoms with Gasteiger partial charge >= 0.3 is 0 Å². The monoisotopic (exact) mass is 318 g/mol. The van der Waals surface area contributed by atoms with E-state index in [2.05, 4.69) is 26.1 Å². The minimum Gasteiger partial charge on any atom is -0.314 e. The van der Waals surface area contributed by atoms with Crippen molar-refractivity contribution < 1.29 is 8.78 Å². The number of hydrogen-bond acceptors (Lipinski definition) is 2. The van der Waals surface area contributed by atoms with Crippen LogP contribution in [0.4, 0.5) is 8.78 Å². The second-order valence-corrected chi connectivity index (χ2v) is 5.28. The zero-order chi connectivity index (χ0) is 13.0. The molecule has 1 aromatic carbocycles. The van der Waals surface area contributed by atoms with Gasteiger partial charge in [-0.3, -0.25) is 9.29 Å². The molecule has 0 bridgehead atoms. The van der Waals surface area contributed by atoms with E-state index in [1.54, 1.807) is 18.2 Å². The van der Waals surface area contributed by atoms with Gasteiger partial charge in [-0.25, -0.2) is 4.39 Å². The lowest BCUT2D eigenvalue weighted by Crippen LogP contribution is -2.45. The third-order valence-electron chi connectivity index (χ3n) is 3.32. The van der Waals surface area contributed by atoms with Crippen molar-refractivity contribution in [3.63, 3.8) is 0 Å². The molecule has 2 rings (SSSR count). The van der Waals surface area contributed by atoms with Crippen LogP contribution >= 0.6 is 15.9 Å². The van der Waals surface area contributed by atoms with Crippen LogP contribution in [0.3, 0.4) is 0 Å². The quantitative estimate of drug-likeness (QED) is 0.918. The molecule has 1 heterocycles. The molecule has 0 radical (unpaired) electrons. The molecule has 0 spiro atoms. The van der Waals surface area contributed by atoms with E-state index >= 15 is 0 Å². The second-order valence-electron chi connectivity index (χ2n) is 4.42. The van der Waals surface area contributed by atoms with Crippen LogP contribution in [0.15, 0.2) is 22.7 Å². The zero-order valence-corrected chi connectivity index (χ0v) is 11.7. The van der Waals surface area contributed by atoms with Gasteiger partial charge in [-0.05, 0) is 28.4 Å². The van der Waals surface area contributed by atoms with E-state index in [-0.39, 0.29) is 11.9 Å². The number of alkyl halides is 1. The first-order valence-corrected chi connectivity index (χ1v) is 6.98. The molecule has 1 aliphatic heterocycles. The third kappa shape index (κ3) is 3.08. The molecule has 1 N–H and O–H groups in total. The van der Waals surface area contributed by atoms with Gasteiger partial charge < -0.3 is 5.32 Å². The SMILES string of the molecule is FCC[C@@H](c1cccc(Br)c1F)N1CCNCC1. The Morgan fingerprint density at radius 3 is 2.72 bits per heavy atom. The predicted octanol–water partition coefficient (Wildman–Crippen LogP) is 2.89. The molecule has 1 aliphatic rings. The van der Waals surface area contributed by atoms with Crippen LogP contribution in [0.1, 0.15) is 18.0 Å². The van der Waals surface area contributed by atoms with Gasteiger partial charge in [-0.1, -0.05) is 12.1 Å². The number of halogens is 3. The Balaban J connectivity index is 2.25. The Labute approximate surface area is 114 Å². The molecule has 5 heteroatoms. The highest BCUT2D eigenvalue weighted by Crippen LogP contribution is 2.30. The molecule has 100 valence electrons. The lowest BCUT2D eigenvalue weighted by Gasteiger charge is -2.35. The van der Waals surface area contributed by atoms with Crippen molar-refractivity contribution >= 4 is 15.9 Å². The average molecular weight is 319 g/mol. The highest BCUT2D eigenvalue weighted by Gasteiger charge is 2.24. The fourth-order valence-corrected chi connectivity index (χ4v) is 2.79. The van der Waals surface area contributed by atoms with Crippen LogP contribution < -0.4 is 5.32 Å². The second kappa shape index (κ2) is 6.59. The van der Waals surface area contributed by atoms with E-state index in [1.807, 2.05) is 0 Å². The van der Waals surface area contributed by atoms with E-state index in [0.29, 0.717) is 16.5 Å². The van der Waals surface area contributed by atoms with Gasteiger partial charge in [0.2, 0.25) is 0 Å². The summed E-state index contributed by atoms with van der Waals surface area (Å²) in [5, 5.41) is 3.25. The van der Waals surface area contributed by atoms with Crippen molar-refractivity contribution in [2.75, 3.05) is 32.9 Å². The summed E-state index contributed by atoms with van der Waals surface area (Å²) in [7, 11) is 0. The van der Waals surface area contributed by atoms with E-state index in [0.717, 1.165) is 26.2 Å². The van der Waals surface area contributed by atoms with E-state index in [1.165, 1.54) is 0 Å². The maximum atomic E-state index is 14.1. The van der Waals surface area contributed by atoms with Crippen molar-refractivity contribution in [2.24, 2.45) is 0 Å². The molecule has 0 aromatic heterocycles. The van der Waals surface area contributed by atoms with Crippen molar-refractivity contribution in [2.45, 2.75) is 12.5 Å². The third-order valence-corrected chi connectivity index (χ3v) is 3.93. The van der Waals surface area contributed by atoms with Gasteiger partial charge in [0.15, 0.2) is 0 Å². The van der Waals surface area contributed by atoms with E-state index in [4.69, 9.17) is 0 Å². The maximum Gasteiger partial charge on any atom is 0.142 e. The molecule has 18 heavy (non-hydrogen) atoms. The fraction of sp³-hybridized carbons (Fsp3) is 0.538. The summed E-state index contributed by atoms with van der Waals surface area (Å²) in [6, 6.07) is 5.05. The van der Waals surface area contributed by atoms with Crippen molar-refractivity contribution in [1.29, 1.82) is 0 Å². The standard InChI is InChI=1S/C13H17BrF2N2/c14-11-3-1-2-10(13(11)16)12(4-5-15)18-8-6-17-7-9-18/h1-3,12,17H,4-9H2/t12-/m0/s1. The van der Waals surface area contributed by atoms with Crippen LogP contribution in [0.5, 0.6) is 0 Å². The van der Waals surface area contributed by atoms with Crippen molar-refractivity contribution in [3.05, 3.63) is 34.1 Å². The summed E-state index contributed by atoms with van der Waals surface area (Å²) in [6.07, 6.45) is 0.341. The van der Waals surface area contributed by atoms with Crippen LogP contribution in [0.25, 0.3) is 0 Å². The number of hydrogen-bond donors (Lipinski definition) is 1. The van der Waals surface area contributed by atoms with Gasteiger partial charge in [0.25, 0.3) is 0 Å². The largest absolute Gasteiger partial charge is 0.314 e. The van der Waals surface area contributed by atoms with Crippen molar-refractivity contribution in [3.8, 4) is 0 Å². The normalized spacial score (nSPS) is 18.8. The highest BCUT2D eigenvalue weighted by molar-refractivity contribution is 9.10. The maximum absolute atomic E-state index is 14.1. The summed E-state index contributed by atoms with van der Waals surface area (Å²) in [6.45, 7) is 2.98. The molecular formula is C13H17BrF2N2. The highest BCUT2D eigenvalue weighted by atomic mass is 79.9. The molecule has 0 amide bonds. The Kier molecular flexibility index (Phi) is 5.09. The molecule has 1 aromatic rings. The first-order chi connectivity index (χ1) is 8.74. The Morgan fingerprint density at radius 1 is 1.33 bits per heavy atom. The average Bonchev–Trinajstić information content (AvgIpc) is 2.41. The Hall–Kier alpha value is -0.520. The van der Waals surface area contributed by atoms with E-state index < -0.39 is 6.67 Å². The summed E-state index contributed by atoms with van der Waals surface area (Å²) in [4.78, 5) is 2.15. The van der Waals surface area contributed by atoms with Gasteiger partial charge in [0.05, 0.1) is 11.1 Å². The molecule has 1 saturated heterocycles. The summed E-state index contributed by atoms with van der Waals surface area (Å²) in [5.74, 6) is -0.269. The fourth-order valence-electron chi connectivity index (χ4n) is 2.41.